The summed E-state index contributed by atoms with van der Waals surface area (Å²) in [5, 5.41) is 13.1. The third-order valence-corrected chi connectivity index (χ3v) is 8.17. The quantitative estimate of drug-likeness (QED) is 0.151. The van der Waals surface area contributed by atoms with Gasteiger partial charge >= 0.3 is 7.82 Å². The number of aromatic nitrogens is 2. The molecule has 43 heavy (non-hydrogen) atoms. The van der Waals surface area contributed by atoms with Gasteiger partial charge in [-0.1, -0.05) is 30.8 Å². The van der Waals surface area contributed by atoms with E-state index in [0.717, 1.165) is 27.6 Å². The average Bonchev–Trinajstić information content (AvgIpc) is 3.30. The highest BCUT2D eigenvalue weighted by molar-refractivity contribution is 7.48. The second-order valence-electron chi connectivity index (χ2n) is 12.1. The molecule has 0 saturated carbocycles. The van der Waals surface area contributed by atoms with Crippen LogP contribution in [0.15, 0.2) is 79.6 Å². The van der Waals surface area contributed by atoms with E-state index >= 15 is 0 Å². The molecule has 0 aliphatic carbocycles. The van der Waals surface area contributed by atoms with E-state index < -0.39 is 25.3 Å². The van der Waals surface area contributed by atoms with Crippen LogP contribution in [0.1, 0.15) is 60.3 Å². The predicted molar refractivity (Wildman–Crippen MR) is 169 cm³/mol. The lowest BCUT2D eigenvalue weighted by molar-refractivity contribution is -0.111. The molecule has 1 atom stereocenters. The first-order chi connectivity index (χ1) is 20.1. The number of nitriles is 1. The van der Waals surface area contributed by atoms with Crippen LogP contribution in [0.5, 0.6) is 0 Å². The van der Waals surface area contributed by atoms with Gasteiger partial charge in [-0.2, -0.15) is 5.26 Å². The van der Waals surface area contributed by atoms with Gasteiger partial charge < -0.3 is 9.88 Å². The molecule has 1 N–H and O–H groups in total. The number of phosphoric ester groups is 1. The number of benzene rings is 2. The smallest absolute Gasteiger partial charge is 0.323 e. The number of nitrogens with zero attached hydrogens (tertiary/aromatic N) is 3. The maximum Gasteiger partial charge on any atom is 0.477 e. The second kappa shape index (κ2) is 12.3. The number of carbonyl (C=O) groups is 1. The molecule has 1 unspecified atom stereocenters. The van der Waals surface area contributed by atoms with Gasteiger partial charge in [0.15, 0.2) is 0 Å². The maximum atomic E-state index is 13.9. The molecule has 2 aromatic carbocycles. The Bertz CT molecular complexity index is 1740. The number of hydrogen-bond donors (Lipinski definition) is 1. The fraction of sp³-hybridized carbons (Fsp3) is 0.303. The van der Waals surface area contributed by atoms with Crippen molar-refractivity contribution in [2.45, 2.75) is 65.9 Å². The first kappa shape index (κ1) is 31.9. The van der Waals surface area contributed by atoms with Crippen molar-refractivity contribution >= 4 is 30.5 Å². The molecule has 9 nitrogen and oxygen atoms in total. The molecule has 10 heteroatoms. The van der Waals surface area contributed by atoms with Gasteiger partial charge in [0.25, 0.3) is 0 Å². The summed E-state index contributed by atoms with van der Waals surface area (Å²) in [5.74, 6) is -0.306. The second-order valence-corrected chi connectivity index (χ2v) is 13.5. The fourth-order valence-corrected chi connectivity index (χ4v) is 6.43. The monoisotopic (exact) mass is 600 g/mol. The first-order valence-electron chi connectivity index (χ1n) is 13.8. The van der Waals surface area contributed by atoms with E-state index in [-0.39, 0.29) is 5.91 Å². The zero-order chi connectivity index (χ0) is 31.6. The van der Waals surface area contributed by atoms with Crippen LogP contribution in [0.25, 0.3) is 33.3 Å². The van der Waals surface area contributed by atoms with Crippen LogP contribution in [0.4, 0.5) is 5.69 Å². The first-order valence-corrected chi connectivity index (χ1v) is 15.3. The summed E-state index contributed by atoms with van der Waals surface area (Å²) >= 11 is 0. The Morgan fingerprint density at radius 2 is 1.67 bits per heavy atom. The number of nitrogens with one attached hydrogen (secondary N) is 1. The highest BCUT2D eigenvalue weighted by Crippen LogP contribution is 2.57. The van der Waals surface area contributed by atoms with Gasteiger partial charge in [0.2, 0.25) is 5.91 Å². The average molecular weight is 601 g/mol. The summed E-state index contributed by atoms with van der Waals surface area (Å²) in [6, 6.07) is 18.9. The normalized spacial score (nSPS) is 13.0. The van der Waals surface area contributed by atoms with Crippen molar-refractivity contribution in [2.75, 3.05) is 5.32 Å². The van der Waals surface area contributed by atoms with Crippen molar-refractivity contribution in [1.82, 2.24) is 9.55 Å². The van der Waals surface area contributed by atoms with Crippen LogP contribution in [-0.4, -0.2) is 26.7 Å². The van der Waals surface area contributed by atoms with E-state index in [4.69, 9.17) is 18.6 Å². The maximum absolute atomic E-state index is 13.9. The molecular formula is C33H37N4O5P. The van der Waals surface area contributed by atoms with Crippen molar-refractivity contribution in [3.05, 3.63) is 85.2 Å². The summed E-state index contributed by atoms with van der Waals surface area (Å²) in [6.45, 7) is 16.0. The molecular weight excluding hydrogens is 563 g/mol. The molecule has 0 aliphatic heterocycles. The summed E-state index contributed by atoms with van der Waals surface area (Å²) in [5.41, 5.74) is 3.37. The van der Waals surface area contributed by atoms with Crippen LogP contribution in [0.2, 0.25) is 0 Å². The molecule has 0 spiro atoms. The van der Waals surface area contributed by atoms with E-state index in [1.54, 1.807) is 77.4 Å². The number of anilines is 1. The molecule has 224 valence electrons. The number of phosphoric acid groups is 1. The number of pyridine rings is 1. The number of rotatable bonds is 9. The Balaban J connectivity index is 1.84. The van der Waals surface area contributed by atoms with E-state index in [0.29, 0.717) is 16.9 Å². The van der Waals surface area contributed by atoms with Crippen molar-refractivity contribution in [3.63, 3.8) is 0 Å². The van der Waals surface area contributed by atoms with Crippen LogP contribution >= 0.6 is 7.82 Å². The Morgan fingerprint density at radius 1 is 1.02 bits per heavy atom. The van der Waals surface area contributed by atoms with Crippen molar-refractivity contribution in [1.29, 1.82) is 5.26 Å². The Labute approximate surface area is 252 Å². The van der Waals surface area contributed by atoms with Gasteiger partial charge in [-0.3, -0.25) is 18.4 Å². The number of hydrogen-bond acceptors (Lipinski definition) is 7. The highest BCUT2D eigenvalue weighted by Gasteiger charge is 2.39. The van der Waals surface area contributed by atoms with Crippen molar-refractivity contribution in [3.8, 4) is 28.3 Å². The molecule has 0 aliphatic rings. The molecule has 1 amide bonds. The molecule has 4 rings (SSSR count). The van der Waals surface area contributed by atoms with E-state index in [1.807, 2.05) is 42.6 Å². The van der Waals surface area contributed by atoms with Gasteiger partial charge in [0, 0.05) is 34.6 Å². The molecule has 2 heterocycles. The number of carbonyl (C=O) groups excluding carboxylic acids is 1. The Kier molecular flexibility index (Phi) is 9.10. The third kappa shape index (κ3) is 8.07. The zero-order valence-corrected chi connectivity index (χ0v) is 26.4. The molecule has 0 fully saturated rings. The lowest BCUT2D eigenvalue weighted by Gasteiger charge is -2.32. The minimum Gasteiger partial charge on any atom is -0.323 e. The number of fused-ring (bicyclic) bond motifs is 1. The molecule has 4 aromatic rings. The lowest BCUT2D eigenvalue weighted by Crippen LogP contribution is -2.25. The van der Waals surface area contributed by atoms with Crippen LogP contribution in [0.3, 0.4) is 0 Å². The van der Waals surface area contributed by atoms with Crippen molar-refractivity contribution < 1.29 is 22.9 Å². The van der Waals surface area contributed by atoms with Crippen molar-refractivity contribution in [2.24, 2.45) is 0 Å². The SMILES string of the molecule is C=CC(=O)Nc1cccc(-c2cnc3c(c2)c(-c2cccc(C#N)c2)cn3C(C)OP(=O)(OC(C)(C)C)OC(C)(C)C)c1. The van der Waals surface area contributed by atoms with Gasteiger partial charge in [-0.05, 0) is 96.0 Å². The van der Waals surface area contributed by atoms with E-state index in [2.05, 4.69) is 18.0 Å². The standard InChI is InChI=1S/C33H37N4O5P/c1-9-30(38)36-27-15-11-13-24(17-27)26-18-28-29(25-14-10-12-23(16-25)19-34)21-37(31(28)35-20-26)22(2)40-43(39,41-32(3,4)5)42-33(6,7)8/h9-18,20-22H,1H2,2-8H3,(H,36,38). The lowest BCUT2D eigenvalue weighted by atomic mass is 10.0. The topological polar surface area (TPSA) is 115 Å². The van der Waals surface area contributed by atoms with Gasteiger partial charge in [0.05, 0.1) is 22.8 Å². The van der Waals surface area contributed by atoms with Gasteiger partial charge in [-0.15, -0.1) is 0 Å². The molecule has 0 radical (unpaired) electrons. The van der Waals surface area contributed by atoms with Gasteiger partial charge in [-0.25, -0.2) is 9.55 Å². The van der Waals surface area contributed by atoms with Crippen LogP contribution in [0, 0.1) is 11.3 Å². The largest absolute Gasteiger partial charge is 0.477 e. The van der Waals surface area contributed by atoms with Gasteiger partial charge in [0.1, 0.15) is 11.9 Å². The molecule has 0 saturated heterocycles. The Morgan fingerprint density at radius 3 is 2.30 bits per heavy atom. The fourth-order valence-electron chi connectivity index (χ4n) is 4.49. The minimum absolute atomic E-state index is 0.306. The predicted octanol–water partition coefficient (Wildman–Crippen LogP) is 8.64. The van der Waals surface area contributed by atoms with E-state index in [1.165, 1.54) is 6.08 Å². The summed E-state index contributed by atoms with van der Waals surface area (Å²) < 4.78 is 33.5. The van der Waals surface area contributed by atoms with Crippen LogP contribution in [-0.2, 0) is 22.9 Å². The van der Waals surface area contributed by atoms with Crippen LogP contribution < -0.4 is 5.32 Å². The highest BCUT2D eigenvalue weighted by atomic mass is 31.2. The molecule has 2 aromatic heterocycles. The summed E-state index contributed by atoms with van der Waals surface area (Å²) in [7, 11) is -4.05. The minimum atomic E-state index is -4.05. The third-order valence-electron chi connectivity index (χ3n) is 6.07. The molecule has 0 bridgehead atoms. The summed E-state index contributed by atoms with van der Waals surface area (Å²) in [6.07, 6.45) is 4.00. The van der Waals surface area contributed by atoms with E-state index in [9.17, 15) is 14.6 Å². The zero-order valence-electron chi connectivity index (χ0n) is 25.5. The number of amides is 1. The summed E-state index contributed by atoms with van der Waals surface area (Å²) in [4.78, 5) is 16.7. The Hall–Kier alpha value is -4.06.